The van der Waals surface area contributed by atoms with Gasteiger partial charge in [-0.05, 0) is 6.92 Å². The number of aliphatic hydroxyl groups is 1. The Labute approximate surface area is 58.6 Å². The van der Waals surface area contributed by atoms with Crippen molar-refractivity contribution in [2.75, 3.05) is 12.5 Å². The summed E-state index contributed by atoms with van der Waals surface area (Å²) < 4.78 is 4.43. The summed E-state index contributed by atoms with van der Waals surface area (Å²) in [5.74, 6) is -0.367. The van der Waals surface area contributed by atoms with Crippen molar-refractivity contribution in [2.24, 2.45) is 0 Å². The minimum atomic E-state index is -1.05. The lowest BCUT2D eigenvalue weighted by Crippen LogP contribution is -2.20. The van der Waals surface area contributed by atoms with Crippen LogP contribution >= 0.6 is 11.6 Å². The van der Waals surface area contributed by atoms with E-state index in [4.69, 9.17) is 16.7 Å². The standard InChI is InChI=1S/C5H9ClO3/c1-4(7)5(8)9-3-2-6/h4,7H,2-3H2,1H3/t4-/m0/s1. The van der Waals surface area contributed by atoms with Gasteiger partial charge in [0.15, 0.2) is 0 Å². The van der Waals surface area contributed by atoms with Crippen LogP contribution in [0, 0.1) is 0 Å². The molecule has 4 heteroatoms. The first kappa shape index (κ1) is 8.72. The minimum Gasteiger partial charge on any atom is -0.463 e. The summed E-state index contributed by atoms with van der Waals surface area (Å²) in [4.78, 5) is 10.4. The molecule has 1 N–H and O–H groups in total. The molecule has 0 aliphatic carbocycles. The van der Waals surface area contributed by atoms with Crippen molar-refractivity contribution >= 4 is 17.6 Å². The van der Waals surface area contributed by atoms with Crippen LogP contribution in [-0.4, -0.2) is 29.7 Å². The van der Waals surface area contributed by atoms with Crippen LogP contribution in [0.1, 0.15) is 6.92 Å². The number of carbonyl (C=O) groups excluding carboxylic acids is 1. The summed E-state index contributed by atoms with van der Waals surface area (Å²) in [5, 5.41) is 8.53. The lowest BCUT2D eigenvalue weighted by Gasteiger charge is -2.02. The summed E-state index contributed by atoms with van der Waals surface area (Å²) in [6, 6.07) is 0. The van der Waals surface area contributed by atoms with Crippen LogP contribution in [0.4, 0.5) is 0 Å². The van der Waals surface area contributed by atoms with E-state index < -0.39 is 12.1 Å². The van der Waals surface area contributed by atoms with E-state index in [1.807, 2.05) is 0 Å². The third kappa shape index (κ3) is 4.24. The van der Waals surface area contributed by atoms with Gasteiger partial charge in [0, 0.05) is 0 Å². The molecule has 0 bridgehead atoms. The molecule has 0 saturated heterocycles. The van der Waals surface area contributed by atoms with E-state index in [2.05, 4.69) is 4.74 Å². The number of halogens is 1. The highest BCUT2D eigenvalue weighted by Gasteiger charge is 2.08. The van der Waals surface area contributed by atoms with Crippen molar-refractivity contribution in [2.45, 2.75) is 13.0 Å². The van der Waals surface area contributed by atoms with Crippen LogP contribution in [0.15, 0.2) is 0 Å². The number of hydrogen-bond acceptors (Lipinski definition) is 3. The Balaban J connectivity index is 3.28. The molecule has 0 aromatic heterocycles. The van der Waals surface area contributed by atoms with E-state index >= 15 is 0 Å². The molecule has 3 nitrogen and oxygen atoms in total. The highest BCUT2D eigenvalue weighted by Crippen LogP contribution is 1.86. The van der Waals surface area contributed by atoms with E-state index in [0.29, 0.717) is 0 Å². The third-order valence-corrected chi connectivity index (χ3v) is 0.817. The second kappa shape index (κ2) is 4.58. The molecule has 0 aromatic rings. The molecule has 0 rings (SSSR count). The van der Waals surface area contributed by atoms with Gasteiger partial charge in [0.05, 0.1) is 5.88 Å². The predicted molar refractivity (Wildman–Crippen MR) is 33.4 cm³/mol. The summed E-state index contributed by atoms with van der Waals surface area (Å²) in [5.41, 5.74) is 0. The molecule has 0 aliphatic heterocycles. The smallest absolute Gasteiger partial charge is 0.334 e. The zero-order valence-corrected chi connectivity index (χ0v) is 5.89. The van der Waals surface area contributed by atoms with Gasteiger partial charge in [-0.2, -0.15) is 0 Å². The molecule has 0 aromatic carbocycles. The van der Waals surface area contributed by atoms with Gasteiger partial charge >= 0.3 is 5.97 Å². The number of ether oxygens (including phenoxy) is 1. The van der Waals surface area contributed by atoms with Gasteiger partial charge in [0.2, 0.25) is 0 Å². The maximum Gasteiger partial charge on any atom is 0.334 e. The fourth-order valence-electron chi connectivity index (χ4n) is 0.260. The molecular formula is C5H9ClO3. The summed E-state index contributed by atoms with van der Waals surface area (Å²) in [6.07, 6.45) is -1.05. The van der Waals surface area contributed by atoms with E-state index in [0.717, 1.165) is 0 Å². The van der Waals surface area contributed by atoms with E-state index in [9.17, 15) is 4.79 Å². The molecular weight excluding hydrogens is 144 g/mol. The largest absolute Gasteiger partial charge is 0.463 e. The summed E-state index contributed by atoms with van der Waals surface area (Å²) >= 11 is 5.19. The lowest BCUT2D eigenvalue weighted by atomic mass is 10.4. The van der Waals surface area contributed by atoms with Gasteiger partial charge < -0.3 is 9.84 Å². The number of aliphatic hydroxyl groups excluding tert-OH is 1. The van der Waals surface area contributed by atoms with Gasteiger partial charge in [0.25, 0.3) is 0 Å². The molecule has 54 valence electrons. The third-order valence-electron chi connectivity index (χ3n) is 0.663. The molecule has 0 radical (unpaired) electrons. The van der Waals surface area contributed by atoms with Gasteiger partial charge in [0.1, 0.15) is 12.7 Å². The van der Waals surface area contributed by atoms with Crippen molar-refractivity contribution in [3.63, 3.8) is 0 Å². The fourth-order valence-corrected chi connectivity index (χ4v) is 0.337. The van der Waals surface area contributed by atoms with Crippen LogP contribution in [0.25, 0.3) is 0 Å². The number of esters is 1. The first-order valence-electron chi connectivity index (χ1n) is 2.59. The topological polar surface area (TPSA) is 46.5 Å². The zero-order valence-electron chi connectivity index (χ0n) is 5.13. The average Bonchev–Trinajstić information content (AvgIpc) is 1.82. The van der Waals surface area contributed by atoms with Crippen LogP contribution in [0.5, 0.6) is 0 Å². The van der Waals surface area contributed by atoms with Crippen LogP contribution in [0.3, 0.4) is 0 Å². The normalized spacial score (nSPS) is 12.8. The molecule has 9 heavy (non-hydrogen) atoms. The maximum atomic E-state index is 10.4. The molecule has 0 heterocycles. The zero-order chi connectivity index (χ0) is 7.28. The molecule has 0 spiro atoms. The Hall–Kier alpha value is -0.280. The average molecular weight is 153 g/mol. The first-order chi connectivity index (χ1) is 4.18. The van der Waals surface area contributed by atoms with Crippen molar-refractivity contribution in [3.05, 3.63) is 0 Å². The van der Waals surface area contributed by atoms with Crippen molar-refractivity contribution in [1.82, 2.24) is 0 Å². The molecule has 0 amide bonds. The Kier molecular flexibility index (Phi) is 4.44. The van der Waals surface area contributed by atoms with Crippen molar-refractivity contribution in [3.8, 4) is 0 Å². The fraction of sp³-hybridized carbons (Fsp3) is 0.800. The van der Waals surface area contributed by atoms with Crippen molar-refractivity contribution in [1.29, 1.82) is 0 Å². The number of carbonyl (C=O) groups is 1. The Morgan fingerprint density at radius 2 is 2.44 bits per heavy atom. The van der Waals surface area contributed by atoms with Gasteiger partial charge in [-0.3, -0.25) is 0 Å². The SMILES string of the molecule is C[C@H](O)C(=O)OCCCl. The maximum absolute atomic E-state index is 10.4. The Morgan fingerprint density at radius 1 is 1.89 bits per heavy atom. The number of alkyl halides is 1. The van der Waals surface area contributed by atoms with Crippen molar-refractivity contribution < 1.29 is 14.6 Å². The van der Waals surface area contributed by atoms with Gasteiger partial charge in [-0.1, -0.05) is 0 Å². The van der Waals surface area contributed by atoms with E-state index in [1.54, 1.807) is 0 Å². The Bertz CT molecular complexity index is 92.2. The first-order valence-corrected chi connectivity index (χ1v) is 3.12. The second-order valence-electron chi connectivity index (χ2n) is 1.53. The molecule has 0 fully saturated rings. The lowest BCUT2D eigenvalue weighted by molar-refractivity contribution is -0.151. The molecule has 0 aliphatic rings. The number of rotatable bonds is 3. The van der Waals surface area contributed by atoms with Gasteiger partial charge in [-0.25, -0.2) is 4.79 Å². The van der Waals surface area contributed by atoms with Crippen LogP contribution < -0.4 is 0 Å². The van der Waals surface area contributed by atoms with Gasteiger partial charge in [-0.15, -0.1) is 11.6 Å². The second-order valence-corrected chi connectivity index (χ2v) is 1.91. The quantitative estimate of drug-likeness (QED) is 0.463. The highest BCUT2D eigenvalue weighted by molar-refractivity contribution is 6.18. The summed E-state index contributed by atoms with van der Waals surface area (Å²) in [7, 11) is 0. The Morgan fingerprint density at radius 3 is 2.78 bits per heavy atom. The molecule has 0 saturated carbocycles. The van der Waals surface area contributed by atoms with Crippen LogP contribution in [-0.2, 0) is 9.53 Å². The monoisotopic (exact) mass is 152 g/mol. The number of hydrogen-bond donors (Lipinski definition) is 1. The highest BCUT2D eigenvalue weighted by atomic mass is 35.5. The van der Waals surface area contributed by atoms with E-state index in [-0.39, 0.29) is 12.5 Å². The van der Waals surface area contributed by atoms with E-state index in [1.165, 1.54) is 6.92 Å². The minimum absolute atomic E-state index is 0.158. The van der Waals surface area contributed by atoms with Crippen LogP contribution in [0.2, 0.25) is 0 Å². The molecule has 0 unspecified atom stereocenters. The summed E-state index contributed by atoms with van der Waals surface area (Å²) in [6.45, 7) is 1.50. The predicted octanol–water partition coefficient (Wildman–Crippen LogP) is 0.149. The molecule has 1 atom stereocenters.